The fourth-order valence-corrected chi connectivity index (χ4v) is 3.72. The number of imidazole rings is 1. The number of ether oxygens (including phenoxy) is 2. The van der Waals surface area contributed by atoms with E-state index in [9.17, 15) is 4.79 Å². The molecule has 6 nitrogen and oxygen atoms in total. The molecule has 0 unspecified atom stereocenters. The van der Waals surface area contributed by atoms with Gasteiger partial charge in [0.15, 0.2) is 0 Å². The van der Waals surface area contributed by atoms with Crippen LogP contribution in [-0.2, 0) is 4.79 Å². The molecular formula is C25H27N3O3. The molecule has 0 radical (unpaired) electrons. The second kappa shape index (κ2) is 9.51. The lowest BCUT2D eigenvalue weighted by molar-refractivity contribution is -0.127. The third kappa shape index (κ3) is 5.15. The fourth-order valence-electron chi connectivity index (χ4n) is 3.72. The van der Waals surface area contributed by atoms with Gasteiger partial charge in [-0.3, -0.25) is 4.79 Å². The molecule has 0 N–H and O–H groups in total. The Kier molecular flexibility index (Phi) is 6.36. The molecule has 6 heteroatoms. The second-order valence-corrected chi connectivity index (χ2v) is 7.64. The molecule has 1 amide bonds. The zero-order chi connectivity index (χ0) is 21.6. The maximum Gasteiger partial charge on any atom is 0.246 e. The van der Waals surface area contributed by atoms with Gasteiger partial charge in [-0.1, -0.05) is 24.3 Å². The van der Waals surface area contributed by atoms with E-state index in [1.54, 1.807) is 19.5 Å². The number of aromatic nitrogens is 2. The fraction of sp³-hybridized carbons (Fsp3) is 0.280. The molecular weight excluding hydrogens is 390 g/mol. The van der Waals surface area contributed by atoms with Gasteiger partial charge >= 0.3 is 0 Å². The van der Waals surface area contributed by atoms with Crippen molar-refractivity contribution in [3.05, 3.63) is 78.4 Å². The number of benzene rings is 2. The number of piperidine rings is 1. The molecule has 4 rings (SSSR count). The van der Waals surface area contributed by atoms with Crippen molar-refractivity contribution in [1.82, 2.24) is 14.5 Å². The van der Waals surface area contributed by atoms with Crippen LogP contribution in [0.15, 0.2) is 67.1 Å². The predicted octanol–water partition coefficient (Wildman–Crippen LogP) is 4.27. The number of aryl methyl sites for hydroxylation is 1. The average Bonchev–Trinajstić information content (AvgIpc) is 3.24. The molecule has 1 aliphatic heterocycles. The van der Waals surface area contributed by atoms with Gasteiger partial charge in [-0.05, 0) is 42.8 Å². The highest BCUT2D eigenvalue weighted by molar-refractivity contribution is 5.92. The highest BCUT2D eigenvalue weighted by Gasteiger charge is 2.22. The van der Waals surface area contributed by atoms with Crippen LogP contribution in [0.2, 0.25) is 0 Å². The van der Waals surface area contributed by atoms with E-state index in [1.165, 1.54) is 0 Å². The number of likely N-dealkylation sites (tertiary alicyclic amines) is 1. The lowest BCUT2D eigenvalue weighted by Crippen LogP contribution is -2.41. The monoisotopic (exact) mass is 417 g/mol. The summed E-state index contributed by atoms with van der Waals surface area (Å²) in [6, 6.07) is 15.7. The van der Waals surface area contributed by atoms with Crippen LogP contribution in [0, 0.1) is 6.92 Å². The summed E-state index contributed by atoms with van der Waals surface area (Å²) in [5.74, 6) is 1.63. The molecule has 0 aliphatic carbocycles. The van der Waals surface area contributed by atoms with Crippen molar-refractivity contribution in [1.29, 1.82) is 0 Å². The zero-order valence-electron chi connectivity index (χ0n) is 17.9. The topological polar surface area (TPSA) is 56.6 Å². The van der Waals surface area contributed by atoms with Crippen LogP contribution >= 0.6 is 0 Å². The lowest BCUT2D eigenvalue weighted by Gasteiger charge is -2.31. The quantitative estimate of drug-likeness (QED) is 0.562. The smallest absolute Gasteiger partial charge is 0.246 e. The number of amides is 1. The molecule has 0 saturated carbocycles. The highest BCUT2D eigenvalue weighted by atomic mass is 16.5. The van der Waals surface area contributed by atoms with Crippen molar-refractivity contribution in [2.45, 2.75) is 25.9 Å². The Morgan fingerprint density at radius 3 is 2.58 bits per heavy atom. The maximum atomic E-state index is 12.6. The van der Waals surface area contributed by atoms with Crippen molar-refractivity contribution in [3.63, 3.8) is 0 Å². The Morgan fingerprint density at radius 1 is 1.13 bits per heavy atom. The van der Waals surface area contributed by atoms with Crippen molar-refractivity contribution in [2.75, 3.05) is 20.2 Å². The Hall–Kier alpha value is -3.54. The number of hydrogen-bond donors (Lipinski definition) is 0. The Balaban J connectivity index is 1.35. The standard InChI is InChI=1S/C25H27N3O3/c1-19-17-28(18-26-19)23-10-8-20(16-24(23)30-2)9-11-25(29)27-14-12-22(13-15-27)31-21-6-4-3-5-7-21/h3-11,16-18,22H,12-15H2,1-2H3/b11-9+. The normalized spacial score (nSPS) is 14.7. The summed E-state index contributed by atoms with van der Waals surface area (Å²) in [6.45, 7) is 3.34. The summed E-state index contributed by atoms with van der Waals surface area (Å²) in [7, 11) is 1.64. The average molecular weight is 418 g/mol. The van der Waals surface area contributed by atoms with Gasteiger partial charge < -0.3 is 18.9 Å². The van der Waals surface area contributed by atoms with E-state index in [2.05, 4.69) is 4.98 Å². The SMILES string of the molecule is COc1cc(/C=C/C(=O)N2CCC(Oc3ccccc3)CC2)ccc1-n1cnc(C)c1. The summed E-state index contributed by atoms with van der Waals surface area (Å²) in [5, 5.41) is 0. The van der Waals surface area contributed by atoms with E-state index in [4.69, 9.17) is 9.47 Å². The van der Waals surface area contributed by atoms with Gasteiger partial charge in [0.25, 0.3) is 0 Å². The summed E-state index contributed by atoms with van der Waals surface area (Å²) >= 11 is 0. The molecule has 2 aromatic carbocycles. The molecule has 0 bridgehead atoms. The van der Waals surface area contributed by atoms with Gasteiger partial charge in [-0.2, -0.15) is 0 Å². The molecule has 0 atom stereocenters. The number of rotatable bonds is 6. The minimum Gasteiger partial charge on any atom is -0.495 e. The third-order valence-corrected chi connectivity index (χ3v) is 5.41. The number of para-hydroxylation sites is 1. The van der Waals surface area contributed by atoms with Crippen LogP contribution in [-0.4, -0.2) is 46.7 Å². The Labute approximate surface area is 182 Å². The van der Waals surface area contributed by atoms with Crippen molar-refractivity contribution >= 4 is 12.0 Å². The molecule has 1 aliphatic rings. The molecule has 3 aromatic rings. The van der Waals surface area contributed by atoms with Gasteiger partial charge in [-0.25, -0.2) is 4.98 Å². The summed E-state index contributed by atoms with van der Waals surface area (Å²) in [6.07, 6.45) is 9.00. The van der Waals surface area contributed by atoms with E-state index in [0.29, 0.717) is 13.1 Å². The predicted molar refractivity (Wildman–Crippen MR) is 121 cm³/mol. The second-order valence-electron chi connectivity index (χ2n) is 7.64. The van der Waals surface area contributed by atoms with Crippen molar-refractivity contribution < 1.29 is 14.3 Å². The summed E-state index contributed by atoms with van der Waals surface area (Å²) in [5.41, 5.74) is 2.76. The zero-order valence-corrected chi connectivity index (χ0v) is 17.9. The van der Waals surface area contributed by atoms with Gasteiger partial charge in [0.05, 0.1) is 24.8 Å². The first-order chi connectivity index (χ1) is 15.1. The first kappa shape index (κ1) is 20.7. The minimum atomic E-state index is 0.0199. The van der Waals surface area contributed by atoms with E-state index >= 15 is 0 Å². The van der Waals surface area contributed by atoms with Gasteiger partial charge in [0, 0.05) is 38.2 Å². The largest absolute Gasteiger partial charge is 0.495 e. The van der Waals surface area contributed by atoms with E-state index in [-0.39, 0.29) is 12.0 Å². The number of methoxy groups -OCH3 is 1. The van der Waals surface area contributed by atoms with Gasteiger partial charge in [0.1, 0.15) is 17.6 Å². The maximum absolute atomic E-state index is 12.6. The van der Waals surface area contributed by atoms with Crippen LogP contribution < -0.4 is 9.47 Å². The van der Waals surface area contributed by atoms with Crippen LogP contribution in [0.3, 0.4) is 0 Å². The minimum absolute atomic E-state index is 0.0199. The lowest BCUT2D eigenvalue weighted by atomic mass is 10.1. The molecule has 1 fully saturated rings. The van der Waals surface area contributed by atoms with Crippen LogP contribution in [0.25, 0.3) is 11.8 Å². The first-order valence-corrected chi connectivity index (χ1v) is 10.5. The number of carbonyl (C=O) groups excluding carboxylic acids is 1. The highest BCUT2D eigenvalue weighted by Crippen LogP contribution is 2.25. The molecule has 2 heterocycles. The Morgan fingerprint density at radius 2 is 1.90 bits per heavy atom. The Bertz CT molecular complexity index is 1050. The third-order valence-electron chi connectivity index (χ3n) is 5.41. The van der Waals surface area contributed by atoms with E-state index in [1.807, 2.05) is 77.2 Å². The van der Waals surface area contributed by atoms with Gasteiger partial charge in [-0.15, -0.1) is 0 Å². The summed E-state index contributed by atoms with van der Waals surface area (Å²) < 4.78 is 13.5. The van der Waals surface area contributed by atoms with Crippen molar-refractivity contribution in [2.24, 2.45) is 0 Å². The number of hydrogen-bond acceptors (Lipinski definition) is 4. The summed E-state index contributed by atoms with van der Waals surface area (Å²) in [4.78, 5) is 18.8. The molecule has 31 heavy (non-hydrogen) atoms. The molecule has 160 valence electrons. The van der Waals surface area contributed by atoms with E-state index < -0.39 is 0 Å². The molecule has 1 aromatic heterocycles. The van der Waals surface area contributed by atoms with Crippen LogP contribution in [0.1, 0.15) is 24.1 Å². The molecule has 0 spiro atoms. The van der Waals surface area contributed by atoms with Crippen molar-refractivity contribution in [3.8, 4) is 17.2 Å². The molecule has 1 saturated heterocycles. The van der Waals surface area contributed by atoms with Crippen LogP contribution in [0.5, 0.6) is 11.5 Å². The number of nitrogens with zero attached hydrogens (tertiary/aromatic N) is 3. The van der Waals surface area contributed by atoms with Crippen LogP contribution in [0.4, 0.5) is 0 Å². The van der Waals surface area contributed by atoms with E-state index in [0.717, 1.165) is 41.3 Å². The first-order valence-electron chi connectivity index (χ1n) is 10.5. The van der Waals surface area contributed by atoms with Gasteiger partial charge in [0.2, 0.25) is 5.91 Å². The number of carbonyl (C=O) groups is 1.